The van der Waals surface area contributed by atoms with Crippen LogP contribution in [-0.2, 0) is 9.53 Å². The maximum Gasteiger partial charge on any atom is 0.231 e. The molecule has 112 valence electrons. The Bertz CT molecular complexity index is 414. The van der Waals surface area contributed by atoms with Gasteiger partial charge in [-0.05, 0) is 18.4 Å². The summed E-state index contributed by atoms with van der Waals surface area (Å²) in [6, 6.07) is 9.77. The van der Waals surface area contributed by atoms with Crippen molar-refractivity contribution >= 4 is 18.3 Å². The molecule has 2 rings (SSSR count). The number of benzene rings is 1. The van der Waals surface area contributed by atoms with Gasteiger partial charge in [0.2, 0.25) is 5.91 Å². The Balaban J connectivity index is 0.00000200. The van der Waals surface area contributed by atoms with Crippen LogP contribution in [0.15, 0.2) is 30.3 Å². The van der Waals surface area contributed by atoms with Crippen molar-refractivity contribution in [1.82, 2.24) is 4.90 Å². The van der Waals surface area contributed by atoms with E-state index in [1.54, 1.807) is 7.11 Å². The highest BCUT2D eigenvalue weighted by molar-refractivity contribution is 5.85. The maximum absolute atomic E-state index is 12.6. The van der Waals surface area contributed by atoms with E-state index in [4.69, 9.17) is 10.5 Å². The third-order valence-electron chi connectivity index (χ3n) is 3.76. The summed E-state index contributed by atoms with van der Waals surface area (Å²) >= 11 is 0. The molecule has 1 aromatic rings. The van der Waals surface area contributed by atoms with Crippen molar-refractivity contribution in [1.29, 1.82) is 0 Å². The van der Waals surface area contributed by atoms with Crippen LogP contribution in [0, 0.1) is 0 Å². The van der Waals surface area contributed by atoms with Crippen LogP contribution < -0.4 is 5.73 Å². The maximum atomic E-state index is 12.6. The summed E-state index contributed by atoms with van der Waals surface area (Å²) < 4.78 is 5.37. The molecular formula is C15H23ClN2O2. The summed E-state index contributed by atoms with van der Waals surface area (Å²) in [4.78, 5) is 14.5. The fourth-order valence-corrected chi connectivity index (χ4v) is 2.62. The van der Waals surface area contributed by atoms with Crippen LogP contribution in [0.2, 0.25) is 0 Å². The second-order valence-electron chi connectivity index (χ2n) is 4.98. The molecule has 2 N–H and O–H groups in total. The second-order valence-corrected chi connectivity index (χ2v) is 4.98. The average Bonchev–Trinajstić information content (AvgIpc) is 2.49. The third kappa shape index (κ3) is 3.95. The topological polar surface area (TPSA) is 55.6 Å². The number of amides is 1. The van der Waals surface area contributed by atoms with Gasteiger partial charge in [0.05, 0.1) is 12.0 Å². The predicted octanol–water partition coefficient (Wildman–Crippen LogP) is 1.79. The van der Waals surface area contributed by atoms with Crippen LogP contribution in [0.1, 0.15) is 24.3 Å². The zero-order valence-electron chi connectivity index (χ0n) is 11.8. The molecule has 1 amide bonds. The van der Waals surface area contributed by atoms with Gasteiger partial charge in [0.25, 0.3) is 0 Å². The van der Waals surface area contributed by atoms with Crippen molar-refractivity contribution in [2.75, 3.05) is 26.7 Å². The highest BCUT2D eigenvalue weighted by Crippen LogP contribution is 2.21. The summed E-state index contributed by atoms with van der Waals surface area (Å²) in [5, 5.41) is 0. The van der Waals surface area contributed by atoms with Crippen LogP contribution in [-0.4, -0.2) is 43.7 Å². The molecule has 0 spiro atoms. The number of halogens is 1. The van der Waals surface area contributed by atoms with Gasteiger partial charge in [-0.2, -0.15) is 0 Å². The quantitative estimate of drug-likeness (QED) is 0.922. The summed E-state index contributed by atoms with van der Waals surface area (Å²) in [6.07, 6.45) is 2.18. The van der Waals surface area contributed by atoms with Crippen LogP contribution in [0.5, 0.6) is 0 Å². The fraction of sp³-hybridized carbons (Fsp3) is 0.533. The van der Waals surface area contributed by atoms with Crippen LogP contribution in [0.4, 0.5) is 0 Å². The number of methoxy groups -OCH3 is 1. The molecule has 20 heavy (non-hydrogen) atoms. The normalized spacial score (nSPS) is 20.1. The van der Waals surface area contributed by atoms with Crippen LogP contribution in [0.25, 0.3) is 0 Å². The Morgan fingerprint density at radius 3 is 2.75 bits per heavy atom. The molecule has 0 aromatic heterocycles. The van der Waals surface area contributed by atoms with Crippen molar-refractivity contribution in [3.05, 3.63) is 35.9 Å². The first-order valence-corrected chi connectivity index (χ1v) is 6.83. The standard InChI is InChI=1S/C15H22N2O2.ClH/c1-19-13-8-5-9-17(11-13)15(18)14(10-16)12-6-3-2-4-7-12;/h2-4,6-7,13-14H,5,8-11,16H2,1H3;1H. The van der Waals surface area contributed by atoms with E-state index in [2.05, 4.69) is 0 Å². The number of likely N-dealkylation sites (tertiary alicyclic amines) is 1. The van der Waals surface area contributed by atoms with Gasteiger partial charge < -0.3 is 15.4 Å². The number of rotatable bonds is 4. The fourth-order valence-electron chi connectivity index (χ4n) is 2.62. The second kappa shape index (κ2) is 8.25. The number of hydrogen-bond acceptors (Lipinski definition) is 3. The molecule has 1 heterocycles. The molecule has 5 heteroatoms. The van der Waals surface area contributed by atoms with Crippen molar-refractivity contribution in [2.24, 2.45) is 5.73 Å². The molecule has 1 saturated heterocycles. The molecule has 1 aromatic carbocycles. The van der Waals surface area contributed by atoms with E-state index >= 15 is 0 Å². The lowest BCUT2D eigenvalue weighted by Gasteiger charge is -2.34. The Morgan fingerprint density at radius 2 is 2.15 bits per heavy atom. The average molecular weight is 299 g/mol. The van der Waals surface area contributed by atoms with Gasteiger partial charge in [-0.1, -0.05) is 30.3 Å². The molecule has 2 unspecified atom stereocenters. The van der Waals surface area contributed by atoms with E-state index in [0.29, 0.717) is 13.1 Å². The lowest BCUT2D eigenvalue weighted by atomic mass is 9.96. The SMILES string of the molecule is COC1CCCN(C(=O)C(CN)c2ccccc2)C1.Cl. The van der Waals surface area contributed by atoms with Crippen molar-refractivity contribution in [3.63, 3.8) is 0 Å². The minimum absolute atomic E-state index is 0. The van der Waals surface area contributed by atoms with Gasteiger partial charge in [-0.25, -0.2) is 0 Å². The molecule has 0 saturated carbocycles. The molecule has 4 nitrogen and oxygen atoms in total. The van der Waals surface area contributed by atoms with Gasteiger partial charge in [0.15, 0.2) is 0 Å². The van der Waals surface area contributed by atoms with E-state index < -0.39 is 0 Å². The molecule has 1 aliphatic rings. The number of carbonyl (C=O) groups is 1. The van der Waals surface area contributed by atoms with Gasteiger partial charge in [0, 0.05) is 26.7 Å². The molecular weight excluding hydrogens is 276 g/mol. The summed E-state index contributed by atoms with van der Waals surface area (Å²) in [5.41, 5.74) is 6.80. The van der Waals surface area contributed by atoms with Crippen molar-refractivity contribution in [2.45, 2.75) is 24.9 Å². The van der Waals surface area contributed by atoms with E-state index in [9.17, 15) is 4.79 Å². The molecule has 0 aliphatic carbocycles. The minimum Gasteiger partial charge on any atom is -0.380 e. The van der Waals surface area contributed by atoms with Gasteiger partial charge in [0.1, 0.15) is 0 Å². The van der Waals surface area contributed by atoms with Crippen LogP contribution in [0.3, 0.4) is 0 Å². The number of carbonyl (C=O) groups excluding carboxylic acids is 1. The number of hydrogen-bond donors (Lipinski definition) is 1. The molecule has 2 atom stereocenters. The zero-order valence-corrected chi connectivity index (χ0v) is 12.6. The van der Waals surface area contributed by atoms with Gasteiger partial charge in [-0.15, -0.1) is 12.4 Å². The highest BCUT2D eigenvalue weighted by Gasteiger charge is 2.28. The summed E-state index contributed by atoms with van der Waals surface area (Å²) in [5.74, 6) is -0.118. The van der Waals surface area contributed by atoms with Crippen LogP contribution >= 0.6 is 12.4 Å². The molecule has 0 radical (unpaired) electrons. The van der Waals surface area contributed by atoms with E-state index in [1.165, 1.54) is 0 Å². The Hall–Kier alpha value is -1.10. The Kier molecular flexibility index (Phi) is 6.99. The number of ether oxygens (including phenoxy) is 1. The number of nitrogens with two attached hydrogens (primary N) is 1. The molecule has 0 bridgehead atoms. The first-order valence-electron chi connectivity index (χ1n) is 6.83. The predicted molar refractivity (Wildman–Crippen MR) is 82.1 cm³/mol. The van der Waals surface area contributed by atoms with E-state index in [-0.39, 0.29) is 30.3 Å². The van der Waals surface area contributed by atoms with Crippen molar-refractivity contribution in [3.8, 4) is 0 Å². The molecule has 1 fully saturated rings. The summed E-state index contributed by atoms with van der Waals surface area (Å²) in [7, 11) is 1.70. The van der Waals surface area contributed by atoms with Crippen molar-refractivity contribution < 1.29 is 9.53 Å². The lowest BCUT2D eigenvalue weighted by Crippen LogP contribution is -2.46. The Labute approximate surface area is 126 Å². The smallest absolute Gasteiger partial charge is 0.231 e. The first-order chi connectivity index (χ1) is 9.26. The monoisotopic (exact) mass is 298 g/mol. The lowest BCUT2D eigenvalue weighted by molar-refractivity contribution is -0.136. The first kappa shape index (κ1) is 17.0. The highest BCUT2D eigenvalue weighted by atomic mass is 35.5. The summed E-state index contributed by atoms with van der Waals surface area (Å²) in [6.45, 7) is 1.83. The van der Waals surface area contributed by atoms with E-state index in [0.717, 1.165) is 24.9 Å². The van der Waals surface area contributed by atoms with Gasteiger partial charge in [-0.3, -0.25) is 4.79 Å². The molecule has 1 aliphatic heterocycles. The zero-order chi connectivity index (χ0) is 13.7. The number of nitrogens with zero attached hydrogens (tertiary/aromatic N) is 1. The largest absolute Gasteiger partial charge is 0.380 e. The minimum atomic E-state index is -0.239. The number of piperidine rings is 1. The van der Waals surface area contributed by atoms with Gasteiger partial charge >= 0.3 is 0 Å². The third-order valence-corrected chi connectivity index (χ3v) is 3.76. The van der Waals surface area contributed by atoms with E-state index in [1.807, 2.05) is 35.2 Å². The Morgan fingerprint density at radius 1 is 1.45 bits per heavy atom.